The van der Waals surface area contributed by atoms with Crippen LogP contribution in [-0.2, 0) is 14.3 Å². The highest BCUT2D eigenvalue weighted by Gasteiger charge is 2.21. The zero-order valence-electron chi connectivity index (χ0n) is 7.42. The van der Waals surface area contributed by atoms with Crippen molar-refractivity contribution >= 4 is 28.5 Å². The number of carbonyl (C=O) groups excluding carboxylic acids is 1. The molecule has 1 heterocycles. The number of hydrogen-bond acceptors (Lipinski definition) is 3. The van der Waals surface area contributed by atoms with Crippen LogP contribution in [0, 0.1) is 0 Å². The zero-order valence-corrected chi connectivity index (χ0v) is 9.58. The first kappa shape index (κ1) is 11.2. The van der Waals surface area contributed by atoms with Crippen molar-refractivity contribution in [3.05, 3.63) is 0 Å². The fourth-order valence-electron chi connectivity index (χ4n) is 1.03. The largest absolute Gasteiger partial charge is 0.376 e. The van der Waals surface area contributed by atoms with Crippen molar-refractivity contribution in [2.75, 3.05) is 30.8 Å². The average molecular weight is 299 g/mol. The van der Waals surface area contributed by atoms with Crippen LogP contribution in [0.5, 0.6) is 0 Å². The lowest BCUT2D eigenvalue weighted by atomic mass is 10.3. The number of hydrogen-bond donors (Lipinski definition) is 1. The number of halogens is 1. The molecular formula is C8H14INO3. The molecule has 1 N–H and O–H groups in total. The summed E-state index contributed by atoms with van der Waals surface area (Å²) in [6.07, 6.45) is 0.600. The lowest BCUT2D eigenvalue weighted by Crippen LogP contribution is -2.43. The number of amides is 1. The highest BCUT2D eigenvalue weighted by atomic mass is 127. The van der Waals surface area contributed by atoms with Crippen molar-refractivity contribution in [1.29, 1.82) is 0 Å². The molecule has 5 heteroatoms. The Morgan fingerprint density at radius 2 is 2.38 bits per heavy atom. The van der Waals surface area contributed by atoms with E-state index >= 15 is 0 Å². The highest BCUT2D eigenvalue weighted by Crippen LogP contribution is 2.00. The number of carbonyl (C=O) groups is 1. The number of rotatable bonds is 4. The minimum absolute atomic E-state index is 0.0513. The van der Waals surface area contributed by atoms with Crippen LogP contribution in [0.25, 0.3) is 0 Å². The second-order valence-electron chi connectivity index (χ2n) is 2.77. The predicted octanol–water partition coefficient (Wildman–Crippen LogP) is 0.343. The van der Waals surface area contributed by atoms with Crippen molar-refractivity contribution in [3.63, 3.8) is 0 Å². The lowest BCUT2D eigenvalue weighted by Gasteiger charge is -2.21. The summed E-state index contributed by atoms with van der Waals surface area (Å²) in [5.74, 6) is -0.0513. The van der Waals surface area contributed by atoms with Gasteiger partial charge in [0.05, 0.1) is 19.8 Å². The standard InChI is InChI=1S/C8H14INO3/c9-2-1-3-10-8(11)7-6-12-4-5-13-7/h7H,1-6H2,(H,10,11). The first-order chi connectivity index (χ1) is 6.34. The predicted molar refractivity (Wildman–Crippen MR) is 57.1 cm³/mol. The molecule has 1 rings (SSSR count). The molecule has 0 bridgehead atoms. The topological polar surface area (TPSA) is 47.6 Å². The van der Waals surface area contributed by atoms with Crippen LogP contribution in [0.2, 0.25) is 0 Å². The normalized spacial score (nSPS) is 22.7. The minimum atomic E-state index is -0.400. The van der Waals surface area contributed by atoms with Gasteiger partial charge in [0.1, 0.15) is 0 Å². The van der Waals surface area contributed by atoms with Crippen LogP contribution in [-0.4, -0.2) is 42.8 Å². The van der Waals surface area contributed by atoms with E-state index in [2.05, 4.69) is 27.9 Å². The van der Waals surface area contributed by atoms with Gasteiger partial charge in [-0.05, 0) is 6.42 Å². The van der Waals surface area contributed by atoms with Crippen molar-refractivity contribution in [1.82, 2.24) is 5.32 Å². The van der Waals surface area contributed by atoms with E-state index in [1.165, 1.54) is 0 Å². The van der Waals surface area contributed by atoms with E-state index in [1.54, 1.807) is 0 Å². The number of nitrogens with one attached hydrogen (secondary N) is 1. The fraction of sp³-hybridized carbons (Fsp3) is 0.875. The second-order valence-corrected chi connectivity index (χ2v) is 3.85. The molecule has 0 saturated carbocycles. The molecule has 1 fully saturated rings. The van der Waals surface area contributed by atoms with E-state index in [9.17, 15) is 4.79 Å². The smallest absolute Gasteiger partial charge is 0.251 e. The van der Waals surface area contributed by atoms with Crippen molar-refractivity contribution in [2.45, 2.75) is 12.5 Å². The Kier molecular flexibility index (Phi) is 5.65. The van der Waals surface area contributed by atoms with Gasteiger partial charge in [0.15, 0.2) is 6.10 Å². The van der Waals surface area contributed by atoms with Gasteiger partial charge in [-0.2, -0.15) is 0 Å². The molecular weight excluding hydrogens is 285 g/mol. The maximum absolute atomic E-state index is 11.4. The van der Waals surface area contributed by atoms with Gasteiger partial charge in [-0.15, -0.1) is 0 Å². The molecule has 0 radical (unpaired) electrons. The van der Waals surface area contributed by atoms with Gasteiger partial charge >= 0.3 is 0 Å². The summed E-state index contributed by atoms with van der Waals surface area (Å²) < 4.78 is 11.4. The monoisotopic (exact) mass is 299 g/mol. The van der Waals surface area contributed by atoms with Gasteiger partial charge in [0, 0.05) is 11.0 Å². The molecule has 76 valence electrons. The Morgan fingerprint density at radius 3 is 3.00 bits per heavy atom. The maximum atomic E-state index is 11.4. The SMILES string of the molecule is O=C(NCCCI)C1COCCO1. The van der Waals surface area contributed by atoms with E-state index in [1.807, 2.05) is 0 Å². The van der Waals surface area contributed by atoms with E-state index in [-0.39, 0.29) is 5.91 Å². The quantitative estimate of drug-likeness (QED) is 0.463. The summed E-state index contributed by atoms with van der Waals surface area (Å²) in [4.78, 5) is 11.4. The summed E-state index contributed by atoms with van der Waals surface area (Å²) in [6.45, 7) is 2.22. The van der Waals surface area contributed by atoms with Gasteiger partial charge in [-0.1, -0.05) is 22.6 Å². The van der Waals surface area contributed by atoms with E-state index in [0.717, 1.165) is 17.4 Å². The highest BCUT2D eigenvalue weighted by molar-refractivity contribution is 14.1. The van der Waals surface area contributed by atoms with Crippen LogP contribution >= 0.6 is 22.6 Å². The summed E-state index contributed by atoms with van der Waals surface area (Å²) in [5.41, 5.74) is 0. The summed E-state index contributed by atoms with van der Waals surface area (Å²) in [6, 6.07) is 0. The Labute approximate surface area is 91.5 Å². The molecule has 1 aliphatic heterocycles. The third-order valence-electron chi connectivity index (χ3n) is 1.72. The van der Waals surface area contributed by atoms with Gasteiger partial charge in [0.2, 0.25) is 0 Å². The Balaban J connectivity index is 2.13. The minimum Gasteiger partial charge on any atom is -0.376 e. The first-order valence-corrected chi connectivity index (χ1v) is 5.90. The molecule has 13 heavy (non-hydrogen) atoms. The lowest BCUT2D eigenvalue weighted by molar-refractivity contribution is -0.147. The molecule has 0 spiro atoms. The van der Waals surface area contributed by atoms with E-state index < -0.39 is 6.10 Å². The number of alkyl halides is 1. The molecule has 0 aromatic rings. The third kappa shape index (κ3) is 4.24. The Bertz CT molecular complexity index is 159. The van der Waals surface area contributed by atoms with Crippen LogP contribution < -0.4 is 5.32 Å². The first-order valence-electron chi connectivity index (χ1n) is 4.37. The van der Waals surface area contributed by atoms with Gasteiger partial charge in [-0.3, -0.25) is 4.79 Å². The second kappa shape index (κ2) is 6.56. The summed E-state index contributed by atoms with van der Waals surface area (Å²) in [5, 5.41) is 2.80. The van der Waals surface area contributed by atoms with E-state index in [0.29, 0.717) is 19.8 Å². The molecule has 1 unspecified atom stereocenters. The van der Waals surface area contributed by atoms with Gasteiger partial charge in [0.25, 0.3) is 5.91 Å². The zero-order chi connectivity index (χ0) is 9.52. The van der Waals surface area contributed by atoms with Crippen LogP contribution in [0.1, 0.15) is 6.42 Å². The molecule has 1 atom stereocenters. The average Bonchev–Trinajstić information content (AvgIpc) is 2.19. The van der Waals surface area contributed by atoms with Crippen molar-refractivity contribution < 1.29 is 14.3 Å². The molecule has 1 saturated heterocycles. The van der Waals surface area contributed by atoms with E-state index in [4.69, 9.17) is 9.47 Å². The Morgan fingerprint density at radius 1 is 1.54 bits per heavy atom. The maximum Gasteiger partial charge on any atom is 0.251 e. The van der Waals surface area contributed by atoms with Crippen molar-refractivity contribution in [2.24, 2.45) is 0 Å². The molecule has 4 nitrogen and oxygen atoms in total. The Hall–Kier alpha value is 0.120. The molecule has 0 aromatic carbocycles. The molecule has 0 aromatic heterocycles. The molecule has 1 aliphatic rings. The molecule has 1 amide bonds. The summed E-state index contributed by atoms with van der Waals surface area (Å²) >= 11 is 2.28. The van der Waals surface area contributed by atoms with Crippen LogP contribution in [0.4, 0.5) is 0 Å². The van der Waals surface area contributed by atoms with Gasteiger partial charge in [-0.25, -0.2) is 0 Å². The van der Waals surface area contributed by atoms with Crippen LogP contribution in [0.15, 0.2) is 0 Å². The third-order valence-corrected chi connectivity index (χ3v) is 2.48. The van der Waals surface area contributed by atoms with Crippen LogP contribution in [0.3, 0.4) is 0 Å². The number of ether oxygens (including phenoxy) is 2. The van der Waals surface area contributed by atoms with Crippen molar-refractivity contribution in [3.8, 4) is 0 Å². The van der Waals surface area contributed by atoms with Gasteiger partial charge < -0.3 is 14.8 Å². The molecule has 0 aliphatic carbocycles. The summed E-state index contributed by atoms with van der Waals surface area (Å²) in [7, 11) is 0. The fourth-order valence-corrected chi connectivity index (χ4v) is 1.41.